The maximum Gasteiger partial charge on any atom is 0.308 e. The molecule has 0 radical (unpaired) electrons. The third kappa shape index (κ3) is 6.87. The fraction of sp³-hybridized carbons (Fsp3) is 0.500. The van der Waals surface area contributed by atoms with Crippen molar-refractivity contribution in [2.75, 3.05) is 18.1 Å². The van der Waals surface area contributed by atoms with E-state index in [0.717, 1.165) is 47.4 Å². The number of nitrogens with zero attached hydrogens (tertiary/aromatic N) is 4. The Morgan fingerprint density at radius 1 is 1.13 bits per heavy atom. The predicted molar refractivity (Wildman–Crippen MR) is 184 cm³/mol. The van der Waals surface area contributed by atoms with Crippen LogP contribution in [0.3, 0.4) is 0 Å². The zero-order valence-electron chi connectivity index (χ0n) is 29.0. The Balaban J connectivity index is 1.58. The van der Waals surface area contributed by atoms with Gasteiger partial charge in [0, 0.05) is 48.0 Å². The fourth-order valence-corrected chi connectivity index (χ4v) is 6.95. The van der Waals surface area contributed by atoms with Crippen LogP contribution in [0.5, 0.6) is 5.75 Å². The van der Waals surface area contributed by atoms with Gasteiger partial charge in [0.2, 0.25) is 0 Å². The van der Waals surface area contributed by atoms with E-state index in [-0.39, 0.29) is 18.8 Å². The molecule has 4 aromatic rings. The molecule has 5 heterocycles. The fourth-order valence-electron chi connectivity index (χ4n) is 6.95. The zero-order chi connectivity index (χ0) is 33.7. The van der Waals surface area contributed by atoms with Crippen molar-refractivity contribution >= 4 is 17.4 Å². The van der Waals surface area contributed by atoms with Gasteiger partial charge in [-0.05, 0) is 103 Å². The highest BCUT2D eigenvalue weighted by molar-refractivity contribution is 5.80. The third-order valence-corrected chi connectivity index (χ3v) is 9.48. The number of hydrogen-bond acceptors (Lipinski definition) is 7. The molecule has 3 atom stereocenters. The lowest BCUT2D eigenvalue weighted by atomic mass is 9.91. The minimum absolute atomic E-state index is 0.00826. The van der Waals surface area contributed by atoms with Crippen LogP contribution < -0.4 is 9.64 Å². The first-order valence-corrected chi connectivity index (χ1v) is 16.8. The Morgan fingerprint density at radius 2 is 1.89 bits per heavy atom. The number of rotatable bonds is 3. The van der Waals surface area contributed by atoms with Crippen molar-refractivity contribution in [3.05, 3.63) is 64.8 Å². The normalized spacial score (nSPS) is 22.0. The first-order valence-electron chi connectivity index (χ1n) is 16.8. The Hall–Kier alpha value is -3.95. The van der Waals surface area contributed by atoms with Crippen molar-refractivity contribution in [1.29, 1.82) is 0 Å². The molecule has 1 N–H and O–H groups in total. The SMILES string of the molecule is Cc1ccc2c(c1C)-c1cccc(c1)-c1cc3nc(C)c(CC(=O)O)c(n3n1)N1CCC(C)(CC1OC(C)(C)C)OCCCC(C)O2. The number of fused-ring (bicyclic) bond motifs is 7. The molecule has 7 rings (SSSR count). The van der Waals surface area contributed by atoms with Gasteiger partial charge in [0.05, 0.1) is 29.4 Å². The van der Waals surface area contributed by atoms with Crippen molar-refractivity contribution in [2.24, 2.45) is 0 Å². The van der Waals surface area contributed by atoms with E-state index in [0.29, 0.717) is 42.3 Å². The molecule has 0 saturated carbocycles. The first kappa shape index (κ1) is 33.0. The number of ether oxygens (including phenoxy) is 3. The minimum atomic E-state index is -0.916. The van der Waals surface area contributed by atoms with Crippen LogP contribution in [-0.4, -0.2) is 62.4 Å². The average Bonchev–Trinajstić information content (AvgIpc) is 3.41. The number of aryl methyl sites for hydroxylation is 2. The molecule has 3 unspecified atom stereocenters. The molecule has 250 valence electrons. The van der Waals surface area contributed by atoms with E-state index < -0.39 is 17.2 Å². The lowest BCUT2D eigenvalue weighted by Gasteiger charge is -2.47. The Labute approximate surface area is 277 Å². The van der Waals surface area contributed by atoms with E-state index in [1.807, 2.05) is 38.3 Å². The second-order valence-corrected chi connectivity index (χ2v) is 14.5. The topological polar surface area (TPSA) is 98.4 Å². The summed E-state index contributed by atoms with van der Waals surface area (Å²) in [7, 11) is 0. The molecule has 0 spiro atoms. The second kappa shape index (κ2) is 12.6. The molecular weight excluding hydrogens is 592 g/mol. The average molecular weight is 641 g/mol. The smallest absolute Gasteiger partial charge is 0.308 e. The van der Waals surface area contributed by atoms with E-state index >= 15 is 0 Å². The summed E-state index contributed by atoms with van der Waals surface area (Å²) in [4.78, 5) is 19.3. The van der Waals surface area contributed by atoms with Crippen molar-refractivity contribution in [1.82, 2.24) is 14.6 Å². The Bertz CT molecular complexity index is 1810. The number of piperidine rings is 1. The second-order valence-electron chi connectivity index (χ2n) is 14.5. The van der Waals surface area contributed by atoms with E-state index in [2.05, 4.69) is 69.0 Å². The summed E-state index contributed by atoms with van der Waals surface area (Å²) >= 11 is 0. The number of aromatic nitrogens is 3. The molecule has 0 aliphatic carbocycles. The maximum atomic E-state index is 12.2. The van der Waals surface area contributed by atoms with E-state index in [4.69, 9.17) is 24.3 Å². The van der Waals surface area contributed by atoms with Gasteiger partial charge in [0.25, 0.3) is 0 Å². The third-order valence-electron chi connectivity index (χ3n) is 9.48. The minimum Gasteiger partial charge on any atom is -0.490 e. The highest BCUT2D eigenvalue weighted by atomic mass is 16.5. The molecule has 1 fully saturated rings. The molecule has 9 nitrogen and oxygen atoms in total. The van der Waals surface area contributed by atoms with Crippen LogP contribution in [0, 0.1) is 20.8 Å². The van der Waals surface area contributed by atoms with Crippen LogP contribution >= 0.6 is 0 Å². The van der Waals surface area contributed by atoms with Gasteiger partial charge in [-0.3, -0.25) is 4.79 Å². The number of carbonyl (C=O) groups is 1. The molecule has 6 bridgehead atoms. The van der Waals surface area contributed by atoms with Crippen molar-refractivity contribution in [3.63, 3.8) is 0 Å². The molecular formula is C38H48N4O5. The number of carboxylic acids is 1. The molecule has 9 heteroatoms. The molecule has 47 heavy (non-hydrogen) atoms. The number of hydrogen-bond donors (Lipinski definition) is 1. The van der Waals surface area contributed by atoms with Crippen LogP contribution in [0.15, 0.2) is 42.5 Å². The Kier molecular flexibility index (Phi) is 8.82. The molecule has 3 aliphatic heterocycles. The summed E-state index contributed by atoms with van der Waals surface area (Å²) in [5, 5.41) is 15.1. The lowest BCUT2D eigenvalue weighted by Crippen LogP contribution is -2.54. The lowest BCUT2D eigenvalue weighted by molar-refractivity contribution is -0.136. The highest BCUT2D eigenvalue weighted by Crippen LogP contribution is 2.40. The zero-order valence-corrected chi connectivity index (χ0v) is 29.0. The standard InChI is InChI=1S/C38H48N4O5/c1-23-14-15-31-35(25(23)3)28-13-9-12-27(19-28)30-21-32-39-26(4)29(20-34(43)44)36(42(32)40-30)41-17-16-38(8,22-33(41)47-37(5,6)7)45-18-10-11-24(2)46-31/h9,12-15,19,21,24,33H,10-11,16-18,20,22H2,1-8H3,(H,43,44). The van der Waals surface area contributed by atoms with Crippen molar-refractivity contribution in [2.45, 2.75) is 111 Å². The number of benzene rings is 2. The van der Waals surface area contributed by atoms with Gasteiger partial charge in [0.1, 0.15) is 17.8 Å². The maximum absolute atomic E-state index is 12.2. The van der Waals surface area contributed by atoms with E-state index in [1.54, 1.807) is 0 Å². The largest absolute Gasteiger partial charge is 0.490 e. The predicted octanol–water partition coefficient (Wildman–Crippen LogP) is 7.69. The Morgan fingerprint density at radius 3 is 2.64 bits per heavy atom. The van der Waals surface area contributed by atoms with Gasteiger partial charge >= 0.3 is 5.97 Å². The molecule has 2 aromatic carbocycles. The molecule has 3 aliphatic rings. The summed E-state index contributed by atoms with van der Waals surface area (Å²) in [6.45, 7) is 17.8. The molecule has 0 amide bonds. The summed E-state index contributed by atoms with van der Waals surface area (Å²) in [6.07, 6.45) is 2.56. The highest BCUT2D eigenvalue weighted by Gasteiger charge is 2.42. The van der Waals surface area contributed by atoms with Gasteiger partial charge in [-0.2, -0.15) is 9.61 Å². The van der Waals surface area contributed by atoms with Crippen LogP contribution in [0.2, 0.25) is 0 Å². The van der Waals surface area contributed by atoms with Crippen molar-refractivity contribution in [3.8, 4) is 28.1 Å². The van der Waals surface area contributed by atoms with Gasteiger partial charge in [-0.15, -0.1) is 0 Å². The van der Waals surface area contributed by atoms with Crippen molar-refractivity contribution < 1.29 is 24.1 Å². The van der Waals surface area contributed by atoms with Gasteiger partial charge < -0.3 is 24.2 Å². The van der Waals surface area contributed by atoms with Gasteiger partial charge in [-0.25, -0.2) is 4.98 Å². The summed E-state index contributed by atoms with van der Waals surface area (Å²) in [5.74, 6) is 0.663. The van der Waals surface area contributed by atoms with Crippen LogP contribution in [0.4, 0.5) is 5.82 Å². The first-order chi connectivity index (χ1) is 22.2. The number of carboxylic acid groups (broad SMARTS) is 1. The number of aliphatic carboxylic acids is 1. The van der Waals surface area contributed by atoms with Crippen LogP contribution in [-0.2, 0) is 20.7 Å². The van der Waals surface area contributed by atoms with E-state index in [9.17, 15) is 9.90 Å². The van der Waals surface area contributed by atoms with Crippen LogP contribution in [0.1, 0.15) is 82.7 Å². The van der Waals surface area contributed by atoms with Gasteiger partial charge in [0.15, 0.2) is 5.65 Å². The summed E-state index contributed by atoms with van der Waals surface area (Å²) in [5.41, 5.74) is 7.30. The van der Waals surface area contributed by atoms with Crippen LogP contribution in [0.25, 0.3) is 28.0 Å². The summed E-state index contributed by atoms with van der Waals surface area (Å²) < 4.78 is 21.8. The monoisotopic (exact) mass is 640 g/mol. The number of anilines is 1. The quantitative estimate of drug-likeness (QED) is 0.243. The van der Waals surface area contributed by atoms with E-state index in [1.165, 1.54) is 11.1 Å². The molecule has 2 aromatic heterocycles. The summed E-state index contributed by atoms with van der Waals surface area (Å²) in [6, 6.07) is 14.6. The molecule has 1 saturated heterocycles. The van der Waals surface area contributed by atoms with Gasteiger partial charge in [-0.1, -0.05) is 24.3 Å².